The second kappa shape index (κ2) is 16.5. The van der Waals surface area contributed by atoms with Crippen molar-refractivity contribution in [3.8, 4) is 5.75 Å². The topological polar surface area (TPSA) is 104 Å². The molecule has 0 aliphatic rings. The van der Waals surface area contributed by atoms with Gasteiger partial charge in [0, 0.05) is 24.5 Å². The number of nitrogens with zero attached hydrogens (tertiary/aromatic N) is 3. The first-order valence-electron chi connectivity index (χ1n) is 11.9. The minimum atomic E-state index is -0.420. The van der Waals surface area contributed by atoms with Crippen LogP contribution in [0, 0.1) is 6.92 Å². The molecule has 0 amide bonds. The molecule has 2 heterocycles. The normalized spacial score (nSPS) is 10.6. The van der Waals surface area contributed by atoms with Crippen LogP contribution >= 0.6 is 36.4 Å². The summed E-state index contributed by atoms with van der Waals surface area (Å²) in [4.78, 5) is 26.7. The number of esters is 1. The van der Waals surface area contributed by atoms with Gasteiger partial charge in [0.1, 0.15) is 23.0 Å². The molecule has 0 bridgehead atoms. The number of anilines is 2. The maximum Gasteiger partial charge on any atom is 0.344 e. The first-order valence-corrected chi connectivity index (χ1v) is 12.3. The monoisotopic (exact) mass is 574 g/mol. The van der Waals surface area contributed by atoms with Gasteiger partial charge >= 0.3 is 5.97 Å². The molecule has 0 atom stereocenters. The van der Waals surface area contributed by atoms with Gasteiger partial charge in [0.15, 0.2) is 6.61 Å². The number of carbonyl (C=O) groups excluding carboxylic acids is 1. The molecule has 206 valence electrons. The summed E-state index contributed by atoms with van der Waals surface area (Å²) in [5.74, 6) is 1.32. The fourth-order valence-electron chi connectivity index (χ4n) is 3.66. The van der Waals surface area contributed by atoms with Crippen LogP contribution in [0.4, 0.5) is 11.5 Å². The predicted octanol–water partition coefficient (Wildman–Crippen LogP) is 5.27. The highest BCUT2D eigenvalue weighted by Gasteiger charge is 2.15. The van der Waals surface area contributed by atoms with Crippen molar-refractivity contribution in [1.82, 2.24) is 25.2 Å². The van der Waals surface area contributed by atoms with Crippen molar-refractivity contribution in [2.45, 2.75) is 39.7 Å². The number of carbonyl (C=O) groups is 1. The number of rotatable bonds is 14. The summed E-state index contributed by atoms with van der Waals surface area (Å²) in [5, 5.41) is 7.91. The summed E-state index contributed by atoms with van der Waals surface area (Å²) >= 11 is 6.30. The van der Waals surface area contributed by atoms with E-state index in [-0.39, 0.29) is 31.4 Å². The van der Waals surface area contributed by atoms with E-state index in [2.05, 4.69) is 37.5 Å². The number of H-pyrrole nitrogens is 1. The van der Waals surface area contributed by atoms with E-state index in [9.17, 15) is 4.79 Å². The van der Waals surface area contributed by atoms with Crippen LogP contribution < -0.4 is 15.4 Å². The highest BCUT2D eigenvalue weighted by Crippen LogP contribution is 2.32. The second-order valence-corrected chi connectivity index (χ2v) is 8.89. The van der Waals surface area contributed by atoms with Crippen molar-refractivity contribution in [2.24, 2.45) is 0 Å². The molecule has 0 radical (unpaired) electrons. The molecule has 3 aromatic rings. The van der Waals surface area contributed by atoms with Gasteiger partial charge in [0.2, 0.25) is 0 Å². The number of nitrogens with one attached hydrogen (secondary N) is 3. The number of fused-ring (bicyclic) bond motifs is 1. The Hall–Kier alpha value is -2.30. The molecule has 0 fully saturated rings. The zero-order chi connectivity index (χ0) is 25.2. The lowest BCUT2D eigenvalue weighted by Crippen LogP contribution is -2.22. The molecule has 9 nitrogen and oxygen atoms in total. The van der Waals surface area contributed by atoms with Crippen LogP contribution in [-0.4, -0.2) is 66.2 Å². The van der Waals surface area contributed by atoms with E-state index in [1.54, 1.807) is 12.1 Å². The van der Waals surface area contributed by atoms with Crippen molar-refractivity contribution in [3.05, 3.63) is 40.8 Å². The first-order chi connectivity index (χ1) is 16.9. The average Bonchev–Trinajstić information content (AvgIpc) is 3.22. The maximum atomic E-state index is 11.9. The molecule has 0 aliphatic heterocycles. The second-order valence-electron chi connectivity index (χ2n) is 8.48. The molecule has 3 rings (SSSR count). The van der Waals surface area contributed by atoms with E-state index >= 15 is 0 Å². The van der Waals surface area contributed by atoms with Gasteiger partial charge < -0.3 is 30.0 Å². The third kappa shape index (κ3) is 9.83. The molecule has 3 N–H and O–H groups in total. The SMILES string of the molecule is CCCCOC(=O)COc1cc(Nc2nc(C)nc3[nH]cc(CN(C)CCCNC)c23)ccc1Cl.Cl.Cl. The highest BCUT2D eigenvalue weighted by atomic mass is 35.5. The lowest BCUT2D eigenvalue weighted by Gasteiger charge is -2.17. The van der Waals surface area contributed by atoms with E-state index in [1.807, 2.05) is 33.2 Å². The van der Waals surface area contributed by atoms with Gasteiger partial charge in [-0.25, -0.2) is 14.8 Å². The van der Waals surface area contributed by atoms with Gasteiger partial charge in [-0.2, -0.15) is 0 Å². The van der Waals surface area contributed by atoms with Crippen molar-refractivity contribution >= 4 is 64.9 Å². The summed E-state index contributed by atoms with van der Waals surface area (Å²) in [6, 6.07) is 5.32. The van der Waals surface area contributed by atoms with Crippen molar-refractivity contribution in [2.75, 3.05) is 45.7 Å². The number of aryl methyl sites for hydroxylation is 1. The quantitative estimate of drug-likeness (QED) is 0.176. The van der Waals surface area contributed by atoms with Gasteiger partial charge in [-0.3, -0.25) is 0 Å². The van der Waals surface area contributed by atoms with Crippen LogP contribution in [0.5, 0.6) is 5.75 Å². The van der Waals surface area contributed by atoms with E-state index in [0.29, 0.717) is 29.0 Å². The van der Waals surface area contributed by atoms with Gasteiger partial charge in [-0.1, -0.05) is 24.9 Å². The molecule has 12 heteroatoms. The molecular weight excluding hydrogens is 539 g/mol. The van der Waals surface area contributed by atoms with Gasteiger partial charge in [0.25, 0.3) is 0 Å². The van der Waals surface area contributed by atoms with Gasteiger partial charge in [-0.15, -0.1) is 24.8 Å². The Morgan fingerprint density at radius 3 is 2.73 bits per heavy atom. The van der Waals surface area contributed by atoms with Crippen LogP contribution in [0.15, 0.2) is 24.4 Å². The molecule has 0 aliphatic carbocycles. The van der Waals surface area contributed by atoms with Crippen LogP contribution in [0.1, 0.15) is 37.6 Å². The molecule has 0 spiro atoms. The zero-order valence-electron chi connectivity index (χ0n) is 21.7. The van der Waals surface area contributed by atoms with Crippen molar-refractivity contribution < 1.29 is 14.3 Å². The Kier molecular flexibility index (Phi) is 14.6. The Bertz CT molecular complexity index is 1130. The van der Waals surface area contributed by atoms with E-state index in [0.717, 1.165) is 61.2 Å². The fraction of sp³-hybridized carbons (Fsp3) is 0.480. The molecule has 37 heavy (non-hydrogen) atoms. The van der Waals surface area contributed by atoms with Crippen LogP contribution in [0.25, 0.3) is 11.0 Å². The minimum Gasteiger partial charge on any atom is -0.480 e. The molecular formula is C25H37Cl3N6O3. The van der Waals surface area contributed by atoms with Gasteiger partial charge in [-0.05, 0) is 64.6 Å². The Balaban J connectivity index is 0.00000342. The molecule has 0 saturated carbocycles. The Morgan fingerprint density at radius 1 is 1.22 bits per heavy atom. The summed E-state index contributed by atoms with van der Waals surface area (Å²) in [7, 11) is 4.07. The Labute approximate surface area is 235 Å². The number of aromatic amines is 1. The van der Waals surface area contributed by atoms with E-state index in [1.165, 1.54) is 0 Å². The molecule has 1 aromatic carbocycles. The van der Waals surface area contributed by atoms with Gasteiger partial charge in [0.05, 0.1) is 17.0 Å². The molecule has 0 saturated heterocycles. The third-order valence-electron chi connectivity index (χ3n) is 5.43. The minimum absolute atomic E-state index is 0. The van der Waals surface area contributed by atoms with E-state index in [4.69, 9.17) is 21.1 Å². The summed E-state index contributed by atoms with van der Waals surface area (Å²) in [5.41, 5.74) is 2.62. The third-order valence-corrected chi connectivity index (χ3v) is 5.74. The fourth-order valence-corrected chi connectivity index (χ4v) is 3.83. The average molecular weight is 576 g/mol. The summed E-state index contributed by atoms with van der Waals surface area (Å²) < 4.78 is 10.8. The lowest BCUT2D eigenvalue weighted by molar-refractivity contribution is -0.146. The number of hydrogen-bond acceptors (Lipinski definition) is 8. The standard InChI is InChI=1S/C25H35ClN6O3.2ClH/c1-5-6-12-34-22(33)16-35-21-13-19(8-9-20(21)26)31-25-23-18(15-32(4)11-7-10-27-3)14-28-24(23)29-17(2)30-25;;/h8-9,13-14,27H,5-7,10-12,15-16H2,1-4H3,(H2,28,29,30,31);2*1H. The van der Waals surface area contributed by atoms with E-state index < -0.39 is 5.97 Å². The molecule has 2 aromatic heterocycles. The van der Waals surface area contributed by atoms with Crippen molar-refractivity contribution in [3.63, 3.8) is 0 Å². The largest absolute Gasteiger partial charge is 0.480 e. The Morgan fingerprint density at radius 2 is 2.00 bits per heavy atom. The number of hydrogen-bond donors (Lipinski definition) is 3. The van der Waals surface area contributed by atoms with Crippen LogP contribution in [0.2, 0.25) is 5.02 Å². The zero-order valence-corrected chi connectivity index (χ0v) is 24.1. The van der Waals surface area contributed by atoms with Crippen LogP contribution in [0.3, 0.4) is 0 Å². The maximum absolute atomic E-state index is 11.9. The summed E-state index contributed by atoms with van der Waals surface area (Å²) in [6.07, 6.45) is 4.83. The number of unbranched alkanes of at least 4 members (excludes halogenated alkanes) is 1. The number of halogens is 3. The number of aromatic nitrogens is 3. The summed E-state index contributed by atoms with van der Waals surface area (Å²) in [6.45, 7) is 6.80. The molecule has 0 unspecified atom stereocenters. The lowest BCUT2D eigenvalue weighted by atomic mass is 10.2. The highest BCUT2D eigenvalue weighted by molar-refractivity contribution is 6.32. The number of benzene rings is 1. The first kappa shape index (κ1) is 32.7. The smallest absolute Gasteiger partial charge is 0.344 e. The predicted molar refractivity (Wildman–Crippen MR) is 154 cm³/mol. The van der Waals surface area contributed by atoms with Crippen molar-refractivity contribution in [1.29, 1.82) is 0 Å². The van der Waals surface area contributed by atoms with Crippen LogP contribution in [-0.2, 0) is 16.1 Å². The number of ether oxygens (including phenoxy) is 2.